The molecule has 0 N–H and O–H groups in total. The summed E-state index contributed by atoms with van der Waals surface area (Å²) >= 11 is 0. The molecule has 0 aliphatic carbocycles. The fourth-order valence-electron chi connectivity index (χ4n) is 3.40. The molecule has 2 atom stereocenters. The van der Waals surface area contributed by atoms with E-state index in [2.05, 4.69) is 20.4 Å². The molecule has 1 fully saturated rings. The normalized spacial score (nSPS) is 19.8. The van der Waals surface area contributed by atoms with Crippen LogP contribution in [0.3, 0.4) is 0 Å². The molecule has 1 aliphatic rings. The van der Waals surface area contributed by atoms with Crippen LogP contribution >= 0.6 is 0 Å². The fraction of sp³-hybridized carbons (Fsp3) is 0.333. The van der Waals surface area contributed by atoms with Gasteiger partial charge in [0.2, 0.25) is 0 Å². The van der Waals surface area contributed by atoms with Gasteiger partial charge in [-0.1, -0.05) is 12.1 Å². The minimum Gasteiger partial charge on any atom is -0.334 e. The van der Waals surface area contributed by atoms with Gasteiger partial charge in [0.1, 0.15) is 5.69 Å². The molecule has 1 amide bonds. The lowest BCUT2D eigenvalue weighted by Gasteiger charge is -2.37. The molecule has 0 spiro atoms. The number of para-hydroxylation sites is 1. The van der Waals surface area contributed by atoms with Crippen molar-refractivity contribution in [3.05, 3.63) is 54.1 Å². The summed E-state index contributed by atoms with van der Waals surface area (Å²) in [7, 11) is 0. The zero-order valence-corrected chi connectivity index (χ0v) is 14.8. The summed E-state index contributed by atoms with van der Waals surface area (Å²) in [6, 6.07) is 7.32. The number of hydrogen-bond donors (Lipinski definition) is 0. The van der Waals surface area contributed by atoms with Crippen LogP contribution in [0.15, 0.2) is 42.9 Å². The van der Waals surface area contributed by atoms with Gasteiger partial charge in [-0.25, -0.2) is 0 Å². The zero-order chi connectivity index (χ0) is 18.8. The second-order valence-corrected chi connectivity index (χ2v) is 6.58. The van der Waals surface area contributed by atoms with Crippen LogP contribution in [-0.2, 0) is 0 Å². The monoisotopic (exact) mass is 365 g/mol. The minimum absolute atomic E-state index is 0.0613. The smallest absolute Gasteiger partial charge is 0.256 e. The van der Waals surface area contributed by atoms with Crippen molar-refractivity contribution in [2.75, 3.05) is 6.54 Å². The van der Waals surface area contributed by atoms with Crippen LogP contribution in [-0.4, -0.2) is 59.7 Å². The Hall–Kier alpha value is -3.36. The molecule has 0 radical (unpaired) electrons. The Morgan fingerprint density at radius 2 is 1.93 bits per heavy atom. The zero-order valence-electron chi connectivity index (χ0n) is 14.8. The number of aldehydes is 1. The largest absolute Gasteiger partial charge is 0.334 e. The van der Waals surface area contributed by atoms with E-state index in [0.717, 1.165) is 12.8 Å². The van der Waals surface area contributed by atoms with Gasteiger partial charge in [-0.05, 0) is 31.9 Å². The maximum absolute atomic E-state index is 13.3. The maximum Gasteiger partial charge on any atom is 0.256 e. The van der Waals surface area contributed by atoms with Gasteiger partial charge in [-0.2, -0.15) is 30.0 Å². The first kappa shape index (κ1) is 17.1. The van der Waals surface area contributed by atoms with Crippen molar-refractivity contribution in [1.82, 2.24) is 34.9 Å². The van der Waals surface area contributed by atoms with Crippen LogP contribution in [0.2, 0.25) is 0 Å². The molecule has 27 heavy (non-hydrogen) atoms. The van der Waals surface area contributed by atoms with Crippen LogP contribution in [0.4, 0.5) is 0 Å². The van der Waals surface area contributed by atoms with E-state index in [9.17, 15) is 9.59 Å². The fourth-order valence-corrected chi connectivity index (χ4v) is 3.40. The predicted molar refractivity (Wildman–Crippen MR) is 95.5 cm³/mol. The first-order valence-corrected chi connectivity index (χ1v) is 8.81. The van der Waals surface area contributed by atoms with Crippen molar-refractivity contribution in [3.63, 3.8) is 0 Å². The molecule has 1 saturated heterocycles. The molecule has 0 saturated carbocycles. The number of benzene rings is 1. The molecule has 1 aliphatic heterocycles. The van der Waals surface area contributed by atoms with E-state index in [1.807, 2.05) is 30.0 Å². The molecule has 2 aromatic heterocycles. The Morgan fingerprint density at radius 3 is 2.67 bits per heavy atom. The van der Waals surface area contributed by atoms with E-state index in [0.29, 0.717) is 29.8 Å². The van der Waals surface area contributed by atoms with Crippen molar-refractivity contribution in [3.8, 4) is 5.69 Å². The third-order valence-electron chi connectivity index (χ3n) is 4.86. The van der Waals surface area contributed by atoms with Crippen molar-refractivity contribution in [2.45, 2.75) is 31.8 Å². The van der Waals surface area contributed by atoms with Crippen molar-refractivity contribution in [1.29, 1.82) is 0 Å². The first-order valence-electron chi connectivity index (χ1n) is 8.81. The molecular formula is C18H19N7O2. The number of aromatic nitrogens is 6. The van der Waals surface area contributed by atoms with E-state index in [-0.39, 0.29) is 18.0 Å². The predicted octanol–water partition coefficient (Wildman–Crippen LogP) is 1.54. The van der Waals surface area contributed by atoms with Gasteiger partial charge in [-0.3, -0.25) is 9.59 Å². The standard InChI is InChI=1S/C18H19N7O2/c1-13-6-7-15(24-21-10-14(12-26)22-24)11-23(13)18(27)16-4-2-3-5-17(16)25-19-8-9-20-25/h2-5,8-10,12-13,15H,6-7,11H2,1H3/t13-,15-/m1/s1. The van der Waals surface area contributed by atoms with Crippen LogP contribution in [0.25, 0.3) is 5.69 Å². The first-order chi connectivity index (χ1) is 13.2. The SMILES string of the molecule is C[C@@H]1CC[C@@H](n2ncc(C=O)n2)CN1C(=O)c1ccccc1-n1nccn1. The Balaban J connectivity index is 1.62. The highest BCUT2D eigenvalue weighted by Gasteiger charge is 2.32. The maximum atomic E-state index is 13.3. The number of amides is 1. The average Bonchev–Trinajstić information content (AvgIpc) is 3.40. The van der Waals surface area contributed by atoms with Gasteiger partial charge in [0, 0.05) is 12.6 Å². The average molecular weight is 365 g/mol. The molecule has 138 valence electrons. The summed E-state index contributed by atoms with van der Waals surface area (Å²) in [5, 5.41) is 16.6. The third kappa shape index (κ3) is 3.23. The molecule has 4 rings (SSSR count). The van der Waals surface area contributed by atoms with Gasteiger partial charge >= 0.3 is 0 Å². The summed E-state index contributed by atoms with van der Waals surface area (Å²) in [5.41, 5.74) is 1.48. The number of rotatable bonds is 4. The highest BCUT2D eigenvalue weighted by Crippen LogP contribution is 2.27. The van der Waals surface area contributed by atoms with Gasteiger partial charge in [0.15, 0.2) is 6.29 Å². The van der Waals surface area contributed by atoms with Gasteiger partial charge in [-0.15, -0.1) is 0 Å². The second kappa shape index (κ2) is 7.10. The molecule has 3 heterocycles. The Morgan fingerprint density at radius 1 is 1.15 bits per heavy atom. The summed E-state index contributed by atoms with van der Waals surface area (Å²) in [6.45, 7) is 2.52. The van der Waals surface area contributed by atoms with E-state index in [4.69, 9.17) is 0 Å². The number of likely N-dealkylation sites (tertiary alicyclic amines) is 1. The van der Waals surface area contributed by atoms with E-state index in [1.165, 1.54) is 15.8 Å². The quantitative estimate of drug-likeness (QED) is 0.650. The van der Waals surface area contributed by atoms with Crippen LogP contribution in [0.5, 0.6) is 0 Å². The molecule has 0 bridgehead atoms. The highest BCUT2D eigenvalue weighted by molar-refractivity contribution is 5.98. The van der Waals surface area contributed by atoms with Gasteiger partial charge in [0.05, 0.1) is 35.9 Å². The molecular weight excluding hydrogens is 346 g/mol. The lowest BCUT2D eigenvalue weighted by molar-refractivity contribution is 0.0546. The molecule has 0 unspecified atom stereocenters. The van der Waals surface area contributed by atoms with Crippen molar-refractivity contribution in [2.24, 2.45) is 0 Å². The lowest BCUT2D eigenvalue weighted by atomic mass is 9.98. The molecule has 1 aromatic carbocycles. The highest BCUT2D eigenvalue weighted by atomic mass is 16.2. The number of carbonyl (C=O) groups is 2. The molecule has 9 nitrogen and oxygen atoms in total. The van der Waals surface area contributed by atoms with Gasteiger partial charge in [0.25, 0.3) is 5.91 Å². The van der Waals surface area contributed by atoms with Crippen molar-refractivity contribution >= 4 is 12.2 Å². The van der Waals surface area contributed by atoms with Crippen LogP contribution in [0, 0.1) is 0 Å². The number of hydrogen-bond acceptors (Lipinski definition) is 6. The molecule has 9 heteroatoms. The topological polar surface area (TPSA) is 98.8 Å². The second-order valence-electron chi connectivity index (χ2n) is 6.58. The number of carbonyl (C=O) groups excluding carboxylic acids is 2. The third-order valence-corrected chi connectivity index (χ3v) is 4.86. The van der Waals surface area contributed by atoms with E-state index < -0.39 is 0 Å². The minimum atomic E-state index is -0.0807. The Kier molecular flexibility index (Phi) is 4.49. The summed E-state index contributed by atoms with van der Waals surface area (Å²) in [4.78, 5) is 29.0. The number of piperidine rings is 1. The lowest BCUT2D eigenvalue weighted by Crippen LogP contribution is -2.46. The Labute approximate surface area is 155 Å². The Bertz CT molecular complexity index is 950. The molecule has 3 aromatic rings. The van der Waals surface area contributed by atoms with Crippen molar-refractivity contribution < 1.29 is 9.59 Å². The number of nitrogens with zero attached hydrogens (tertiary/aromatic N) is 7. The summed E-state index contributed by atoms with van der Waals surface area (Å²) in [5.74, 6) is -0.0807. The summed E-state index contributed by atoms with van der Waals surface area (Å²) < 4.78 is 0. The van der Waals surface area contributed by atoms with E-state index >= 15 is 0 Å². The van der Waals surface area contributed by atoms with Crippen LogP contribution < -0.4 is 0 Å². The van der Waals surface area contributed by atoms with Crippen LogP contribution in [0.1, 0.15) is 46.7 Å². The van der Waals surface area contributed by atoms with E-state index in [1.54, 1.807) is 18.5 Å². The summed E-state index contributed by atoms with van der Waals surface area (Å²) in [6.07, 6.45) is 6.95. The van der Waals surface area contributed by atoms with Gasteiger partial charge < -0.3 is 4.90 Å².